The van der Waals surface area contributed by atoms with E-state index in [-0.39, 0.29) is 24.5 Å². The Balaban J connectivity index is 1.93. The molecule has 6 heteroatoms. The highest BCUT2D eigenvalue weighted by molar-refractivity contribution is 5.88. The summed E-state index contributed by atoms with van der Waals surface area (Å²) in [5.41, 5.74) is 0.876. The number of nitrogens with one attached hydrogen (secondary N) is 1. The average Bonchev–Trinajstić information content (AvgIpc) is 3.06. The maximum atomic E-state index is 12.7. The summed E-state index contributed by atoms with van der Waals surface area (Å²) in [6.07, 6.45) is 1.65. The summed E-state index contributed by atoms with van der Waals surface area (Å²) in [7, 11) is 0. The van der Waals surface area contributed by atoms with Crippen molar-refractivity contribution >= 4 is 18.3 Å². The van der Waals surface area contributed by atoms with Crippen LogP contribution in [0.15, 0.2) is 30.3 Å². The minimum atomic E-state index is -0.700. The number of benzene rings is 1. The highest BCUT2D eigenvalue weighted by Gasteiger charge is 2.35. The van der Waals surface area contributed by atoms with Crippen molar-refractivity contribution in [3.63, 3.8) is 0 Å². The molecule has 2 atom stereocenters. The van der Waals surface area contributed by atoms with Gasteiger partial charge in [0.05, 0.1) is 6.04 Å². The summed E-state index contributed by atoms with van der Waals surface area (Å²) in [6.45, 7) is 4.40. The van der Waals surface area contributed by atoms with Gasteiger partial charge >= 0.3 is 6.09 Å². The van der Waals surface area contributed by atoms with E-state index in [9.17, 15) is 14.4 Å². The molecule has 130 valence electrons. The smallest absolute Gasteiger partial charge is 0.408 e. The summed E-state index contributed by atoms with van der Waals surface area (Å²) in [5.74, 6) is -0.328. The van der Waals surface area contributed by atoms with E-state index in [1.807, 2.05) is 44.2 Å². The molecule has 0 spiro atoms. The van der Waals surface area contributed by atoms with Gasteiger partial charge in [0, 0.05) is 6.54 Å². The lowest BCUT2D eigenvalue weighted by molar-refractivity contribution is -0.137. The van der Waals surface area contributed by atoms with Crippen molar-refractivity contribution < 1.29 is 19.1 Å². The van der Waals surface area contributed by atoms with E-state index in [0.717, 1.165) is 18.3 Å². The van der Waals surface area contributed by atoms with Crippen LogP contribution in [0.2, 0.25) is 0 Å². The van der Waals surface area contributed by atoms with Crippen molar-refractivity contribution in [1.29, 1.82) is 0 Å². The Bertz CT molecular complexity index is 574. The molecule has 24 heavy (non-hydrogen) atoms. The molecule has 6 nitrogen and oxygen atoms in total. The van der Waals surface area contributed by atoms with Crippen LogP contribution in [0.5, 0.6) is 0 Å². The number of rotatable bonds is 6. The van der Waals surface area contributed by atoms with Crippen LogP contribution in [0.4, 0.5) is 4.79 Å². The van der Waals surface area contributed by atoms with Crippen LogP contribution in [0.3, 0.4) is 0 Å². The van der Waals surface area contributed by atoms with E-state index in [2.05, 4.69) is 5.32 Å². The maximum Gasteiger partial charge on any atom is 0.408 e. The summed E-state index contributed by atoms with van der Waals surface area (Å²) in [4.78, 5) is 37.3. The van der Waals surface area contributed by atoms with Crippen molar-refractivity contribution in [2.75, 3.05) is 6.54 Å². The lowest BCUT2D eigenvalue weighted by atomic mass is 10.0. The fourth-order valence-corrected chi connectivity index (χ4v) is 2.79. The Labute approximate surface area is 142 Å². The molecular weight excluding hydrogens is 308 g/mol. The minimum absolute atomic E-state index is 0.102. The van der Waals surface area contributed by atoms with Gasteiger partial charge in [-0.2, -0.15) is 0 Å². The number of carbonyl (C=O) groups is 3. The number of carbonyl (C=O) groups excluding carboxylic acids is 3. The van der Waals surface area contributed by atoms with Crippen molar-refractivity contribution in [3.05, 3.63) is 35.9 Å². The van der Waals surface area contributed by atoms with Gasteiger partial charge in [-0.05, 0) is 24.3 Å². The van der Waals surface area contributed by atoms with E-state index >= 15 is 0 Å². The molecule has 1 aliphatic heterocycles. The lowest BCUT2D eigenvalue weighted by Gasteiger charge is -2.28. The Hall–Kier alpha value is -2.37. The van der Waals surface area contributed by atoms with Gasteiger partial charge in [0.2, 0.25) is 5.91 Å². The second-order valence-corrected chi connectivity index (χ2v) is 6.31. The standard InChI is InChI=1S/C18H24N2O4/c1-13(2)16(17(22)20-10-6-9-15(20)11-21)19-18(23)24-12-14-7-4-3-5-8-14/h3-5,7-8,11,13,15-16H,6,9-10,12H2,1-2H3,(H,19,23). The topological polar surface area (TPSA) is 75.7 Å². The number of hydrogen-bond acceptors (Lipinski definition) is 4. The largest absolute Gasteiger partial charge is 0.445 e. The van der Waals surface area contributed by atoms with Crippen LogP contribution in [0.1, 0.15) is 32.3 Å². The molecule has 1 fully saturated rings. The van der Waals surface area contributed by atoms with Gasteiger partial charge in [-0.3, -0.25) is 4.79 Å². The first-order valence-corrected chi connectivity index (χ1v) is 8.26. The normalized spacial score (nSPS) is 18.3. The molecular formula is C18H24N2O4. The minimum Gasteiger partial charge on any atom is -0.445 e. The third-order valence-corrected chi connectivity index (χ3v) is 4.16. The Kier molecular flexibility index (Phi) is 6.35. The van der Waals surface area contributed by atoms with Crippen LogP contribution in [-0.2, 0) is 20.9 Å². The molecule has 0 aromatic heterocycles. The van der Waals surface area contributed by atoms with E-state index in [0.29, 0.717) is 13.0 Å². The maximum absolute atomic E-state index is 12.7. The zero-order chi connectivity index (χ0) is 17.5. The summed E-state index contributed by atoms with van der Waals surface area (Å²) in [5, 5.41) is 2.64. The van der Waals surface area contributed by atoms with E-state index in [4.69, 9.17) is 4.74 Å². The Morgan fingerprint density at radius 1 is 1.33 bits per heavy atom. The molecule has 0 aliphatic carbocycles. The summed E-state index contributed by atoms with van der Waals surface area (Å²) >= 11 is 0. The second-order valence-electron chi connectivity index (χ2n) is 6.31. The Morgan fingerprint density at radius 3 is 2.67 bits per heavy atom. The number of ether oxygens (including phenoxy) is 1. The first-order valence-electron chi connectivity index (χ1n) is 8.26. The summed E-state index contributed by atoms with van der Waals surface area (Å²) in [6, 6.07) is 8.24. The van der Waals surface area contributed by atoms with Gasteiger partial charge in [-0.25, -0.2) is 4.79 Å². The highest BCUT2D eigenvalue weighted by Crippen LogP contribution is 2.18. The van der Waals surface area contributed by atoms with Crippen LogP contribution in [0, 0.1) is 5.92 Å². The highest BCUT2D eigenvalue weighted by atomic mass is 16.5. The molecule has 1 heterocycles. The van der Waals surface area contributed by atoms with Gasteiger partial charge < -0.3 is 19.7 Å². The molecule has 1 aromatic rings. The fourth-order valence-electron chi connectivity index (χ4n) is 2.79. The number of alkyl carbamates (subject to hydrolysis) is 1. The van der Waals surface area contributed by atoms with Crippen LogP contribution in [0.25, 0.3) is 0 Å². The molecule has 1 aromatic carbocycles. The number of hydrogen-bond donors (Lipinski definition) is 1. The second kappa shape index (κ2) is 8.47. The zero-order valence-electron chi connectivity index (χ0n) is 14.1. The molecule has 1 aliphatic rings. The van der Waals surface area contributed by atoms with Crippen molar-refractivity contribution in [2.24, 2.45) is 5.92 Å². The van der Waals surface area contributed by atoms with Crippen LogP contribution >= 0.6 is 0 Å². The van der Waals surface area contributed by atoms with Crippen molar-refractivity contribution in [3.8, 4) is 0 Å². The molecule has 2 unspecified atom stereocenters. The fraction of sp³-hybridized carbons (Fsp3) is 0.500. The molecule has 1 saturated heterocycles. The van der Waals surface area contributed by atoms with Crippen molar-refractivity contribution in [1.82, 2.24) is 10.2 Å². The van der Waals surface area contributed by atoms with Gasteiger partial charge in [-0.15, -0.1) is 0 Å². The lowest BCUT2D eigenvalue weighted by Crippen LogP contribution is -2.52. The van der Waals surface area contributed by atoms with Crippen LogP contribution < -0.4 is 5.32 Å². The van der Waals surface area contributed by atoms with Gasteiger partial charge in [0.15, 0.2) is 0 Å². The third-order valence-electron chi connectivity index (χ3n) is 4.16. The summed E-state index contributed by atoms with van der Waals surface area (Å²) < 4.78 is 5.18. The number of amides is 2. The van der Waals surface area contributed by atoms with Crippen molar-refractivity contribution in [2.45, 2.75) is 45.4 Å². The number of aldehydes is 1. The Morgan fingerprint density at radius 2 is 2.04 bits per heavy atom. The first-order chi connectivity index (χ1) is 11.5. The third kappa shape index (κ3) is 4.57. The van der Waals surface area contributed by atoms with E-state index in [1.165, 1.54) is 0 Å². The molecule has 2 rings (SSSR count). The van der Waals surface area contributed by atoms with E-state index < -0.39 is 12.1 Å². The van der Waals surface area contributed by atoms with Gasteiger partial charge in [0.1, 0.15) is 18.9 Å². The predicted octanol–water partition coefficient (Wildman–Crippen LogP) is 2.13. The number of likely N-dealkylation sites (tertiary alicyclic amines) is 1. The SMILES string of the molecule is CC(C)C(NC(=O)OCc1ccccc1)C(=O)N1CCCC1C=O. The van der Waals surface area contributed by atoms with Gasteiger partial charge in [0.25, 0.3) is 0 Å². The molecule has 1 N–H and O–H groups in total. The monoisotopic (exact) mass is 332 g/mol. The molecule has 0 bridgehead atoms. The average molecular weight is 332 g/mol. The zero-order valence-corrected chi connectivity index (χ0v) is 14.1. The van der Waals surface area contributed by atoms with Gasteiger partial charge in [-0.1, -0.05) is 44.2 Å². The molecule has 0 saturated carbocycles. The first kappa shape index (κ1) is 18.0. The number of nitrogens with zero attached hydrogens (tertiary/aromatic N) is 1. The van der Waals surface area contributed by atoms with Crippen LogP contribution in [-0.4, -0.2) is 41.8 Å². The molecule has 2 amide bonds. The van der Waals surface area contributed by atoms with E-state index in [1.54, 1.807) is 4.90 Å². The predicted molar refractivity (Wildman–Crippen MR) is 89.2 cm³/mol. The molecule has 0 radical (unpaired) electrons. The quantitative estimate of drug-likeness (QED) is 0.810.